The molecule has 0 aliphatic carbocycles. The van der Waals surface area contributed by atoms with Crippen molar-refractivity contribution in [1.29, 1.82) is 0 Å². The number of nitrogens with one attached hydrogen (secondary N) is 2. The molecule has 2 N–H and O–H groups in total. The lowest BCUT2D eigenvalue weighted by Gasteiger charge is -2.19. The monoisotopic (exact) mass is 603 g/mol. The summed E-state index contributed by atoms with van der Waals surface area (Å²) < 4.78 is 15.0. The van der Waals surface area contributed by atoms with Crippen molar-refractivity contribution >= 4 is 39.3 Å². The number of carbonyl (C=O) groups is 2. The lowest BCUT2D eigenvalue weighted by molar-refractivity contribution is 0.0952. The topological polar surface area (TPSA) is 78.5 Å². The molecule has 224 valence electrons. The zero-order valence-corrected chi connectivity index (χ0v) is 25.9. The van der Waals surface area contributed by atoms with Crippen LogP contribution in [0.1, 0.15) is 53.0 Å². The van der Waals surface area contributed by atoms with Crippen molar-refractivity contribution < 1.29 is 13.8 Å². The highest BCUT2D eigenvalue weighted by Crippen LogP contribution is 2.26. The standard InChI is InChI=1S/C37H37N3O3S/c1-3-22-40(23-4-2)44(43)33-20-18-30(19-21-33)36(41)39-35-25-32-13-9-8-12-31(32)24-34(35)37(42)38-26-27-14-16-29(17-15-27)28-10-6-5-7-11-28/h5-21,24-25H,3-4,22-23,26H2,1-2H3,(H,38,42)(H,39,41). The van der Waals surface area contributed by atoms with Crippen LogP contribution >= 0.6 is 0 Å². The number of benzene rings is 5. The second kappa shape index (κ2) is 14.7. The minimum absolute atomic E-state index is 0.282. The number of hydrogen-bond acceptors (Lipinski definition) is 3. The number of carbonyl (C=O) groups excluding carboxylic acids is 2. The van der Waals surface area contributed by atoms with Gasteiger partial charge in [0.05, 0.1) is 16.1 Å². The lowest BCUT2D eigenvalue weighted by Crippen LogP contribution is -2.27. The maximum absolute atomic E-state index is 13.5. The minimum atomic E-state index is -1.29. The molecule has 1 atom stereocenters. The molecule has 5 rings (SSSR count). The van der Waals surface area contributed by atoms with Gasteiger partial charge in [0.25, 0.3) is 11.8 Å². The van der Waals surface area contributed by atoms with Gasteiger partial charge in [0, 0.05) is 25.2 Å². The number of rotatable bonds is 12. The van der Waals surface area contributed by atoms with Crippen molar-refractivity contribution in [3.05, 3.63) is 132 Å². The number of fused-ring (bicyclic) bond motifs is 1. The molecule has 5 aromatic carbocycles. The normalized spacial score (nSPS) is 11.8. The van der Waals surface area contributed by atoms with Crippen molar-refractivity contribution in [2.75, 3.05) is 18.4 Å². The summed E-state index contributed by atoms with van der Waals surface area (Å²) in [7, 11) is -1.29. The third kappa shape index (κ3) is 7.48. The molecule has 0 radical (unpaired) electrons. The van der Waals surface area contributed by atoms with Crippen LogP contribution < -0.4 is 10.6 Å². The van der Waals surface area contributed by atoms with Crippen LogP contribution in [0.25, 0.3) is 21.9 Å². The van der Waals surface area contributed by atoms with Gasteiger partial charge < -0.3 is 10.6 Å². The van der Waals surface area contributed by atoms with E-state index < -0.39 is 11.0 Å². The maximum atomic E-state index is 13.5. The Morgan fingerprint density at radius 1 is 0.682 bits per heavy atom. The lowest BCUT2D eigenvalue weighted by atomic mass is 10.0. The SMILES string of the molecule is CCCN(CCC)S(=O)c1ccc(C(=O)Nc2cc3ccccc3cc2C(=O)NCc2ccc(-c3ccccc3)cc2)cc1. The molecule has 0 aliphatic heterocycles. The highest BCUT2D eigenvalue weighted by Gasteiger charge is 2.18. The Labute approximate surface area is 261 Å². The second-order valence-corrected chi connectivity index (χ2v) is 12.1. The molecular formula is C37H37N3O3S. The van der Waals surface area contributed by atoms with Crippen molar-refractivity contribution in [2.24, 2.45) is 0 Å². The average molecular weight is 604 g/mol. The Balaban J connectivity index is 1.32. The Kier molecular flexibility index (Phi) is 10.3. The number of amides is 2. The van der Waals surface area contributed by atoms with Crippen LogP contribution in [-0.2, 0) is 17.5 Å². The fourth-order valence-electron chi connectivity index (χ4n) is 5.10. The van der Waals surface area contributed by atoms with Crippen LogP contribution in [0.4, 0.5) is 5.69 Å². The Morgan fingerprint density at radius 3 is 1.91 bits per heavy atom. The smallest absolute Gasteiger partial charge is 0.255 e. The summed E-state index contributed by atoms with van der Waals surface area (Å²) in [6, 6.07) is 36.4. The van der Waals surface area contributed by atoms with Crippen LogP contribution in [0.5, 0.6) is 0 Å². The molecule has 0 heterocycles. The molecule has 0 fully saturated rings. The third-order valence-corrected chi connectivity index (χ3v) is 8.90. The number of nitrogens with zero attached hydrogens (tertiary/aromatic N) is 1. The van der Waals surface area contributed by atoms with Gasteiger partial charge in [0.15, 0.2) is 0 Å². The van der Waals surface area contributed by atoms with E-state index in [0.29, 0.717) is 28.3 Å². The van der Waals surface area contributed by atoms with Crippen LogP contribution in [0.2, 0.25) is 0 Å². The van der Waals surface area contributed by atoms with E-state index in [-0.39, 0.29) is 11.8 Å². The van der Waals surface area contributed by atoms with Gasteiger partial charge in [-0.1, -0.05) is 92.7 Å². The molecule has 44 heavy (non-hydrogen) atoms. The molecule has 0 saturated carbocycles. The highest BCUT2D eigenvalue weighted by molar-refractivity contribution is 7.82. The molecule has 0 aliphatic rings. The fraction of sp³-hybridized carbons (Fsp3) is 0.189. The van der Waals surface area contributed by atoms with Crippen LogP contribution in [0, 0.1) is 0 Å². The van der Waals surface area contributed by atoms with E-state index in [9.17, 15) is 13.8 Å². The van der Waals surface area contributed by atoms with Gasteiger partial charge in [0.1, 0.15) is 11.0 Å². The van der Waals surface area contributed by atoms with E-state index in [0.717, 1.165) is 53.4 Å². The van der Waals surface area contributed by atoms with E-state index in [1.807, 2.05) is 77.1 Å². The van der Waals surface area contributed by atoms with Crippen molar-refractivity contribution in [3.8, 4) is 11.1 Å². The highest BCUT2D eigenvalue weighted by atomic mass is 32.2. The van der Waals surface area contributed by atoms with E-state index in [2.05, 4.69) is 36.6 Å². The molecule has 2 amide bonds. The van der Waals surface area contributed by atoms with Gasteiger partial charge in [-0.05, 0) is 76.7 Å². The quantitative estimate of drug-likeness (QED) is 0.153. The summed E-state index contributed by atoms with van der Waals surface area (Å²) in [6.45, 7) is 5.97. The third-order valence-electron chi connectivity index (χ3n) is 7.39. The molecule has 7 heteroatoms. The van der Waals surface area contributed by atoms with Crippen molar-refractivity contribution in [1.82, 2.24) is 9.62 Å². The van der Waals surface area contributed by atoms with E-state index >= 15 is 0 Å². The molecule has 1 unspecified atom stereocenters. The summed E-state index contributed by atoms with van der Waals surface area (Å²) in [4.78, 5) is 27.5. The summed E-state index contributed by atoms with van der Waals surface area (Å²) in [5, 5.41) is 7.78. The summed E-state index contributed by atoms with van der Waals surface area (Å²) >= 11 is 0. The van der Waals surface area contributed by atoms with Crippen molar-refractivity contribution in [2.45, 2.75) is 38.1 Å². The summed E-state index contributed by atoms with van der Waals surface area (Å²) in [5.74, 6) is -0.627. The van der Waals surface area contributed by atoms with Crippen molar-refractivity contribution in [3.63, 3.8) is 0 Å². The molecule has 0 saturated heterocycles. The molecule has 6 nitrogen and oxygen atoms in total. The predicted octanol–water partition coefficient (Wildman–Crippen LogP) is 7.83. The number of anilines is 1. The molecule has 0 bridgehead atoms. The Morgan fingerprint density at radius 2 is 1.27 bits per heavy atom. The molecular weight excluding hydrogens is 566 g/mol. The summed E-state index contributed by atoms with van der Waals surface area (Å²) in [5.41, 5.74) is 4.44. The van der Waals surface area contributed by atoms with E-state index in [4.69, 9.17) is 0 Å². The van der Waals surface area contributed by atoms with E-state index in [1.165, 1.54) is 0 Å². The predicted molar refractivity (Wildman–Crippen MR) is 180 cm³/mol. The Bertz CT molecular complexity index is 1750. The molecule has 0 aromatic heterocycles. The molecule has 5 aromatic rings. The van der Waals surface area contributed by atoms with Gasteiger partial charge in [-0.2, -0.15) is 0 Å². The van der Waals surface area contributed by atoms with Crippen LogP contribution in [-0.4, -0.2) is 33.4 Å². The van der Waals surface area contributed by atoms with Gasteiger partial charge in [-0.3, -0.25) is 9.59 Å². The first-order valence-electron chi connectivity index (χ1n) is 15.0. The van der Waals surface area contributed by atoms with Gasteiger partial charge in [-0.25, -0.2) is 8.51 Å². The minimum Gasteiger partial charge on any atom is -0.348 e. The molecule has 0 spiro atoms. The largest absolute Gasteiger partial charge is 0.348 e. The maximum Gasteiger partial charge on any atom is 0.255 e. The first-order valence-corrected chi connectivity index (χ1v) is 16.1. The number of hydrogen-bond donors (Lipinski definition) is 2. The van der Waals surface area contributed by atoms with Crippen LogP contribution in [0.3, 0.4) is 0 Å². The Hall–Kier alpha value is -4.59. The first-order chi connectivity index (χ1) is 21.5. The zero-order valence-electron chi connectivity index (χ0n) is 25.1. The zero-order chi connectivity index (χ0) is 30.9. The van der Waals surface area contributed by atoms with E-state index in [1.54, 1.807) is 30.3 Å². The summed E-state index contributed by atoms with van der Waals surface area (Å²) in [6.07, 6.45) is 1.82. The average Bonchev–Trinajstić information content (AvgIpc) is 3.07. The first kappa shape index (κ1) is 30.9. The fourth-order valence-corrected chi connectivity index (χ4v) is 6.46. The second-order valence-electron chi connectivity index (χ2n) is 10.6. The van der Waals surface area contributed by atoms with Gasteiger partial charge in [0.2, 0.25) is 0 Å². The van der Waals surface area contributed by atoms with Gasteiger partial charge in [-0.15, -0.1) is 0 Å². The van der Waals surface area contributed by atoms with Gasteiger partial charge >= 0.3 is 0 Å². The van der Waals surface area contributed by atoms with Crippen LogP contribution in [0.15, 0.2) is 120 Å².